The molecular weight excluding hydrogens is 248 g/mol. The Bertz CT molecular complexity index is 370. The Morgan fingerprint density at radius 1 is 1.21 bits per heavy atom. The molecule has 1 N–H and O–H groups in total. The van der Waals surface area contributed by atoms with Crippen LogP contribution in [0.1, 0.15) is 34.1 Å². The van der Waals surface area contributed by atoms with E-state index in [1.54, 1.807) is 6.92 Å². The van der Waals surface area contributed by atoms with Crippen LogP contribution in [-0.4, -0.2) is 29.4 Å². The fourth-order valence-corrected chi connectivity index (χ4v) is 1.64. The van der Waals surface area contributed by atoms with E-state index in [2.05, 4.69) is 6.58 Å². The Morgan fingerprint density at radius 3 is 2.11 bits per heavy atom. The number of hydrogen-bond acceptors (Lipinski definition) is 4. The largest absolute Gasteiger partial charge is 0.481 e. The minimum atomic E-state index is -0.883. The standard InChI is InChI=1S/C14H22O5/c1-8(2)12(13(16)17)6-9(3)11(5)14(18)19-7-10(4)15/h8-9,12H,5-7H2,1-4H3,(H,16,17). The number of ether oxygens (including phenoxy) is 1. The van der Waals surface area contributed by atoms with Crippen molar-refractivity contribution in [3.05, 3.63) is 12.2 Å². The van der Waals surface area contributed by atoms with Crippen molar-refractivity contribution in [1.29, 1.82) is 0 Å². The van der Waals surface area contributed by atoms with E-state index in [-0.39, 0.29) is 29.8 Å². The zero-order valence-corrected chi connectivity index (χ0v) is 11.9. The van der Waals surface area contributed by atoms with Gasteiger partial charge in [0.1, 0.15) is 6.61 Å². The van der Waals surface area contributed by atoms with Crippen LogP contribution >= 0.6 is 0 Å². The van der Waals surface area contributed by atoms with Crippen molar-refractivity contribution in [2.24, 2.45) is 17.8 Å². The summed E-state index contributed by atoms with van der Waals surface area (Å²) in [5.74, 6) is -2.64. The molecule has 0 radical (unpaired) electrons. The fourth-order valence-electron chi connectivity index (χ4n) is 1.64. The van der Waals surface area contributed by atoms with Crippen molar-refractivity contribution in [1.82, 2.24) is 0 Å². The second-order valence-corrected chi connectivity index (χ2v) is 5.13. The maximum Gasteiger partial charge on any atom is 0.334 e. The van der Waals surface area contributed by atoms with Gasteiger partial charge in [0.05, 0.1) is 5.92 Å². The molecule has 0 bridgehead atoms. The van der Waals surface area contributed by atoms with Gasteiger partial charge in [0.15, 0.2) is 5.78 Å². The second-order valence-electron chi connectivity index (χ2n) is 5.13. The number of aliphatic carboxylic acids is 1. The maximum atomic E-state index is 11.6. The van der Waals surface area contributed by atoms with Gasteiger partial charge in [-0.1, -0.05) is 27.4 Å². The predicted molar refractivity (Wildman–Crippen MR) is 70.5 cm³/mol. The number of carboxylic acids is 1. The Morgan fingerprint density at radius 2 is 1.74 bits per heavy atom. The molecule has 0 saturated carbocycles. The predicted octanol–water partition coefficient (Wildman–Crippen LogP) is 2.06. The third kappa shape index (κ3) is 6.18. The molecule has 0 saturated heterocycles. The summed E-state index contributed by atoms with van der Waals surface area (Å²) in [7, 11) is 0. The molecule has 19 heavy (non-hydrogen) atoms. The van der Waals surface area contributed by atoms with Gasteiger partial charge in [0, 0.05) is 5.57 Å². The highest BCUT2D eigenvalue weighted by molar-refractivity contribution is 5.90. The summed E-state index contributed by atoms with van der Waals surface area (Å²) in [5.41, 5.74) is 0.202. The molecule has 0 fully saturated rings. The van der Waals surface area contributed by atoms with E-state index < -0.39 is 17.9 Å². The molecule has 0 aromatic rings. The molecule has 2 unspecified atom stereocenters. The number of carbonyl (C=O) groups excluding carboxylic acids is 2. The monoisotopic (exact) mass is 270 g/mol. The van der Waals surface area contributed by atoms with Crippen molar-refractivity contribution in [3.63, 3.8) is 0 Å². The van der Waals surface area contributed by atoms with Crippen LogP contribution in [-0.2, 0) is 19.1 Å². The first-order chi connectivity index (χ1) is 8.66. The van der Waals surface area contributed by atoms with Crippen molar-refractivity contribution >= 4 is 17.7 Å². The van der Waals surface area contributed by atoms with E-state index in [0.29, 0.717) is 6.42 Å². The van der Waals surface area contributed by atoms with Crippen molar-refractivity contribution < 1.29 is 24.2 Å². The number of hydrogen-bond donors (Lipinski definition) is 1. The van der Waals surface area contributed by atoms with Gasteiger partial charge < -0.3 is 9.84 Å². The van der Waals surface area contributed by atoms with Crippen LogP contribution in [0.5, 0.6) is 0 Å². The lowest BCUT2D eigenvalue weighted by atomic mass is 9.84. The summed E-state index contributed by atoms with van der Waals surface area (Å²) in [6.07, 6.45) is 0.320. The van der Waals surface area contributed by atoms with Crippen LogP contribution in [0, 0.1) is 17.8 Å². The van der Waals surface area contributed by atoms with Crippen LogP contribution < -0.4 is 0 Å². The number of ketones is 1. The number of carbonyl (C=O) groups is 3. The smallest absolute Gasteiger partial charge is 0.334 e. The lowest BCUT2D eigenvalue weighted by Gasteiger charge is -2.21. The van der Waals surface area contributed by atoms with E-state index in [1.807, 2.05) is 13.8 Å². The van der Waals surface area contributed by atoms with Crippen LogP contribution in [0.15, 0.2) is 12.2 Å². The van der Waals surface area contributed by atoms with Gasteiger partial charge >= 0.3 is 11.9 Å². The topological polar surface area (TPSA) is 80.7 Å². The van der Waals surface area contributed by atoms with Crippen molar-refractivity contribution in [2.45, 2.75) is 34.1 Å². The maximum absolute atomic E-state index is 11.6. The SMILES string of the molecule is C=C(C(=O)OCC(C)=O)C(C)CC(C(=O)O)C(C)C. The van der Waals surface area contributed by atoms with Crippen molar-refractivity contribution in [3.8, 4) is 0 Å². The number of Topliss-reactive ketones (excluding diaryl/α,β-unsaturated/α-hetero) is 1. The summed E-state index contributed by atoms with van der Waals surface area (Å²) in [6.45, 7) is 10.0. The van der Waals surface area contributed by atoms with Crippen molar-refractivity contribution in [2.75, 3.05) is 6.61 Å². The quantitative estimate of drug-likeness (QED) is 0.539. The molecule has 5 nitrogen and oxygen atoms in total. The molecule has 0 spiro atoms. The van der Waals surface area contributed by atoms with Gasteiger partial charge in [0.2, 0.25) is 0 Å². The Hall–Kier alpha value is -1.65. The Labute approximate surface area is 113 Å². The molecule has 0 aliphatic carbocycles. The average molecular weight is 270 g/mol. The Balaban J connectivity index is 4.51. The van der Waals surface area contributed by atoms with E-state index >= 15 is 0 Å². The summed E-state index contributed by atoms with van der Waals surface area (Å²) < 4.78 is 4.75. The van der Waals surface area contributed by atoms with E-state index in [1.165, 1.54) is 6.92 Å². The van der Waals surface area contributed by atoms with E-state index in [4.69, 9.17) is 9.84 Å². The van der Waals surface area contributed by atoms with Gasteiger partial charge in [-0.15, -0.1) is 0 Å². The average Bonchev–Trinajstić information content (AvgIpc) is 2.30. The first kappa shape index (κ1) is 17.4. The van der Waals surface area contributed by atoms with Gasteiger partial charge in [-0.2, -0.15) is 0 Å². The summed E-state index contributed by atoms with van der Waals surface area (Å²) in [6, 6.07) is 0. The summed E-state index contributed by atoms with van der Waals surface area (Å²) in [5, 5.41) is 9.10. The number of carboxylic acid groups (broad SMARTS) is 1. The van der Waals surface area contributed by atoms with Gasteiger partial charge in [-0.3, -0.25) is 9.59 Å². The number of rotatable bonds is 8. The van der Waals surface area contributed by atoms with Gasteiger partial charge in [0.25, 0.3) is 0 Å². The molecular formula is C14H22O5. The molecule has 108 valence electrons. The van der Waals surface area contributed by atoms with Crippen LogP contribution in [0.4, 0.5) is 0 Å². The highest BCUT2D eigenvalue weighted by Gasteiger charge is 2.27. The number of esters is 1. The molecule has 0 rings (SSSR count). The first-order valence-electron chi connectivity index (χ1n) is 6.25. The zero-order chi connectivity index (χ0) is 15.2. The highest BCUT2D eigenvalue weighted by atomic mass is 16.5. The molecule has 0 aromatic carbocycles. The van der Waals surface area contributed by atoms with Crippen LogP contribution in [0.25, 0.3) is 0 Å². The molecule has 0 amide bonds. The van der Waals surface area contributed by atoms with E-state index in [0.717, 1.165) is 0 Å². The van der Waals surface area contributed by atoms with Gasteiger partial charge in [-0.05, 0) is 25.2 Å². The molecule has 0 aromatic heterocycles. The highest BCUT2D eigenvalue weighted by Crippen LogP contribution is 2.25. The molecule has 2 atom stereocenters. The fraction of sp³-hybridized carbons (Fsp3) is 0.643. The Kier molecular flexibility index (Phi) is 7.04. The molecule has 0 aliphatic heterocycles. The van der Waals surface area contributed by atoms with Crippen LogP contribution in [0.2, 0.25) is 0 Å². The minimum Gasteiger partial charge on any atom is -0.481 e. The molecule has 0 heterocycles. The molecule has 0 aliphatic rings. The van der Waals surface area contributed by atoms with E-state index in [9.17, 15) is 14.4 Å². The second kappa shape index (κ2) is 7.71. The lowest BCUT2D eigenvalue weighted by molar-refractivity contribution is -0.145. The lowest BCUT2D eigenvalue weighted by Crippen LogP contribution is -2.25. The summed E-state index contributed by atoms with van der Waals surface area (Å²) >= 11 is 0. The minimum absolute atomic E-state index is 0.0269. The first-order valence-corrected chi connectivity index (χ1v) is 6.25. The van der Waals surface area contributed by atoms with Gasteiger partial charge in [-0.25, -0.2) is 4.79 Å². The zero-order valence-electron chi connectivity index (χ0n) is 11.9. The normalized spacial score (nSPS) is 13.7. The summed E-state index contributed by atoms with van der Waals surface area (Å²) in [4.78, 5) is 33.4. The molecule has 5 heteroatoms. The third-order valence-corrected chi connectivity index (χ3v) is 2.99. The third-order valence-electron chi connectivity index (χ3n) is 2.99. The van der Waals surface area contributed by atoms with Crippen LogP contribution in [0.3, 0.4) is 0 Å².